The molecule has 0 radical (unpaired) electrons. The first kappa shape index (κ1) is 17.4. The van der Waals surface area contributed by atoms with Gasteiger partial charge in [-0.2, -0.15) is 4.99 Å². The summed E-state index contributed by atoms with van der Waals surface area (Å²) in [4.78, 5) is 21.5. The molecule has 2 aliphatic rings. The summed E-state index contributed by atoms with van der Waals surface area (Å²) in [5, 5.41) is 0.792. The molecule has 5 heteroatoms. The van der Waals surface area contributed by atoms with Crippen LogP contribution in [0.1, 0.15) is 5.56 Å². The van der Waals surface area contributed by atoms with Crippen LogP contribution in [-0.4, -0.2) is 42.2 Å². The van der Waals surface area contributed by atoms with E-state index >= 15 is 0 Å². The summed E-state index contributed by atoms with van der Waals surface area (Å²) in [7, 11) is 0. The zero-order valence-electron chi connectivity index (χ0n) is 14.8. The van der Waals surface area contributed by atoms with E-state index in [1.165, 1.54) is 17.4 Å². The fraction of sp³-hybridized carbons (Fsp3) is 0.182. The number of carbonyl (C=O) groups is 1. The first-order valence-electron chi connectivity index (χ1n) is 8.92. The molecule has 27 heavy (non-hydrogen) atoms. The number of carbonyl (C=O) groups excluding carboxylic acids is 1. The van der Waals surface area contributed by atoms with Crippen LogP contribution in [0.3, 0.4) is 0 Å². The van der Waals surface area contributed by atoms with Crippen molar-refractivity contribution in [2.24, 2.45) is 4.99 Å². The second-order valence-electron chi connectivity index (χ2n) is 6.26. The van der Waals surface area contributed by atoms with E-state index in [1.54, 1.807) is 6.08 Å². The van der Waals surface area contributed by atoms with Crippen molar-refractivity contribution in [2.45, 2.75) is 0 Å². The topological polar surface area (TPSA) is 35.9 Å². The summed E-state index contributed by atoms with van der Waals surface area (Å²) >= 11 is 1.42. The summed E-state index contributed by atoms with van der Waals surface area (Å²) in [5.41, 5.74) is 2.17. The number of para-hydroxylation sites is 1. The van der Waals surface area contributed by atoms with E-state index in [2.05, 4.69) is 50.9 Å². The van der Waals surface area contributed by atoms with Crippen molar-refractivity contribution in [1.82, 2.24) is 4.90 Å². The maximum atomic E-state index is 12.2. The zero-order chi connectivity index (χ0) is 18.5. The first-order chi connectivity index (χ1) is 13.3. The van der Waals surface area contributed by atoms with E-state index in [-0.39, 0.29) is 5.91 Å². The molecule has 0 saturated carbocycles. The molecule has 0 spiro atoms. The van der Waals surface area contributed by atoms with Gasteiger partial charge in [-0.3, -0.25) is 4.79 Å². The molecule has 1 saturated heterocycles. The third kappa shape index (κ3) is 4.24. The Kier molecular flexibility index (Phi) is 5.27. The largest absolute Gasteiger partial charge is 0.368 e. The molecular weight excluding hydrogens is 354 g/mol. The molecule has 2 heterocycles. The van der Waals surface area contributed by atoms with E-state index < -0.39 is 0 Å². The molecule has 0 aromatic heterocycles. The predicted octanol–water partition coefficient (Wildman–Crippen LogP) is 3.37. The van der Waals surface area contributed by atoms with Gasteiger partial charge in [0.05, 0.1) is 4.91 Å². The Labute approximate surface area is 163 Å². The third-order valence-electron chi connectivity index (χ3n) is 4.47. The van der Waals surface area contributed by atoms with Gasteiger partial charge in [0.15, 0.2) is 5.17 Å². The number of aliphatic imine (C=N–C) groups is 1. The number of thioether (sulfide) groups is 1. The molecule has 2 aromatic rings. The summed E-state index contributed by atoms with van der Waals surface area (Å²) in [6.45, 7) is 3.56. The van der Waals surface area contributed by atoms with Crippen molar-refractivity contribution in [3.8, 4) is 11.8 Å². The highest BCUT2D eigenvalue weighted by Crippen LogP contribution is 2.29. The SMILES string of the molecule is O=C1N=C(N2CCN(c3ccccc3)CC2)S/C1=C\C#Cc1ccccc1. The highest BCUT2D eigenvalue weighted by molar-refractivity contribution is 8.18. The van der Waals surface area contributed by atoms with Gasteiger partial charge in [0.25, 0.3) is 5.91 Å². The Hall–Kier alpha value is -2.97. The second kappa shape index (κ2) is 8.15. The molecule has 0 aliphatic carbocycles. The van der Waals surface area contributed by atoms with Crippen LogP contribution in [0.2, 0.25) is 0 Å². The monoisotopic (exact) mass is 373 g/mol. The fourth-order valence-corrected chi connectivity index (χ4v) is 3.92. The van der Waals surface area contributed by atoms with Gasteiger partial charge in [-0.1, -0.05) is 48.2 Å². The van der Waals surface area contributed by atoms with Crippen LogP contribution >= 0.6 is 11.8 Å². The molecule has 4 nitrogen and oxygen atoms in total. The lowest BCUT2D eigenvalue weighted by atomic mass is 10.2. The van der Waals surface area contributed by atoms with Crippen LogP contribution in [0.4, 0.5) is 5.69 Å². The van der Waals surface area contributed by atoms with Crippen molar-refractivity contribution in [3.63, 3.8) is 0 Å². The predicted molar refractivity (Wildman–Crippen MR) is 112 cm³/mol. The Morgan fingerprint density at radius 2 is 1.52 bits per heavy atom. The van der Waals surface area contributed by atoms with Crippen LogP contribution in [0.15, 0.2) is 76.6 Å². The summed E-state index contributed by atoms with van der Waals surface area (Å²) in [5.74, 6) is 5.83. The highest BCUT2D eigenvalue weighted by atomic mass is 32.2. The molecule has 134 valence electrons. The summed E-state index contributed by atoms with van der Waals surface area (Å²) in [6.07, 6.45) is 1.68. The van der Waals surface area contributed by atoms with Gasteiger partial charge in [0.1, 0.15) is 0 Å². The van der Waals surface area contributed by atoms with E-state index in [0.717, 1.165) is 36.9 Å². The molecule has 1 fully saturated rings. The van der Waals surface area contributed by atoms with E-state index in [1.807, 2.05) is 36.4 Å². The summed E-state index contributed by atoms with van der Waals surface area (Å²) in [6, 6.07) is 20.2. The standard InChI is InChI=1S/C22H19N3OS/c26-21-20(13-7-10-18-8-3-1-4-9-18)27-22(23-21)25-16-14-24(15-17-25)19-11-5-2-6-12-19/h1-6,8-9,11-13H,14-17H2/b20-13-. The molecule has 2 aliphatic heterocycles. The number of hydrogen-bond acceptors (Lipinski definition) is 4. The third-order valence-corrected chi connectivity index (χ3v) is 5.52. The van der Waals surface area contributed by atoms with Crippen molar-refractivity contribution in [3.05, 3.63) is 77.2 Å². The van der Waals surface area contributed by atoms with Gasteiger partial charge in [-0.25, -0.2) is 0 Å². The normalized spacial score (nSPS) is 18.3. The van der Waals surface area contributed by atoms with E-state index in [0.29, 0.717) is 4.91 Å². The second-order valence-corrected chi connectivity index (χ2v) is 7.26. The highest BCUT2D eigenvalue weighted by Gasteiger charge is 2.28. The number of nitrogens with zero attached hydrogens (tertiary/aromatic N) is 3. The molecule has 4 rings (SSSR count). The maximum Gasteiger partial charge on any atom is 0.286 e. The van der Waals surface area contributed by atoms with Gasteiger partial charge >= 0.3 is 0 Å². The molecule has 0 atom stereocenters. The summed E-state index contributed by atoms with van der Waals surface area (Å²) < 4.78 is 0. The van der Waals surface area contributed by atoms with Crippen molar-refractivity contribution in [1.29, 1.82) is 0 Å². The van der Waals surface area contributed by atoms with Crippen LogP contribution in [0, 0.1) is 11.8 Å². The molecule has 0 unspecified atom stereocenters. The Morgan fingerprint density at radius 1 is 0.889 bits per heavy atom. The lowest BCUT2D eigenvalue weighted by Crippen LogP contribution is -2.47. The quantitative estimate of drug-likeness (QED) is 0.567. The smallest absolute Gasteiger partial charge is 0.286 e. The van der Waals surface area contributed by atoms with Crippen LogP contribution in [0.5, 0.6) is 0 Å². The average Bonchev–Trinajstić information content (AvgIpc) is 3.10. The molecule has 0 bridgehead atoms. The van der Waals surface area contributed by atoms with Gasteiger partial charge in [-0.15, -0.1) is 0 Å². The maximum absolute atomic E-state index is 12.2. The fourth-order valence-electron chi connectivity index (χ4n) is 3.03. The van der Waals surface area contributed by atoms with Crippen molar-refractivity contribution < 1.29 is 4.79 Å². The molecule has 2 aromatic carbocycles. The first-order valence-corrected chi connectivity index (χ1v) is 9.74. The number of rotatable bonds is 1. The van der Waals surface area contributed by atoms with Crippen LogP contribution < -0.4 is 4.90 Å². The Balaban J connectivity index is 1.36. The number of anilines is 1. The lowest BCUT2D eigenvalue weighted by molar-refractivity contribution is -0.113. The number of benzene rings is 2. The Morgan fingerprint density at radius 3 is 2.22 bits per heavy atom. The van der Waals surface area contributed by atoms with Gasteiger partial charge in [-0.05, 0) is 36.0 Å². The molecular formula is C22H19N3OS. The minimum absolute atomic E-state index is 0.192. The van der Waals surface area contributed by atoms with Crippen molar-refractivity contribution >= 4 is 28.5 Å². The lowest BCUT2D eigenvalue weighted by Gasteiger charge is -2.36. The Bertz CT molecular complexity index is 934. The van der Waals surface area contributed by atoms with Gasteiger partial charge < -0.3 is 9.80 Å². The van der Waals surface area contributed by atoms with Gasteiger partial charge in [0, 0.05) is 43.5 Å². The van der Waals surface area contributed by atoms with E-state index in [9.17, 15) is 4.79 Å². The number of piperazine rings is 1. The zero-order valence-corrected chi connectivity index (χ0v) is 15.7. The van der Waals surface area contributed by atoms with Gasteiger partial charge in [0.2, 0.25) is 0 Å². The molecule has 0 N–H and O–H groups in total. The molecule has 1 amide bonds. The number of amides is 1. The van der Waals surface area contributed by atoms with Crippen molar-refractivity contribution in [2.75, 3.05) is 31.1 Å². The van der Waals surface area contributed by atoms with E-state index in [4.69, 9.17) is 0 Å². The number of allylic oxidation sites excluding steroid dienone is 1. The average molecular weight is 373 g/mol. The van der Waals surface area contributed by atoms with Crippen LogP contribution in [0.25, 0.3) is 0 Å². The number of amidine groups is 1. The van der Waals surface area contributed by atoms with Crippen LogP contribution in [-0.2, 0) is 4.79 Å². The minimum Gasteiger partial charge on any atom is -0.368 e. The minimum atomic E-state index is -0.192. The number of hydrogen-bond donors (Lipinski definition) is 0.